The minimum Gasteiger partial charge on any atom is -0.483 e. The lowest BCUT2D eigenvalue weighted by Crippen LogP contribution is -2.43. The van der Waals surface area contributed by atoms with Crippen LogP contribution in [0.5, 0.6) is 5.75 Å². The van der Waals surface area contributed by atoms with Crippen LogP contribution in [0.25, 0.3) is 0 Å². The quantitative estimate of drug-likeness (QED) is 0.518. The van der Waals surface area contributed by atoms with Crippen molar-refractivity contribution in [1.29, 1.82) is 0 Å². The van der Waals surface area contributed by atoms with Crippen LogP contribution >= 0.6 is 0 Å². The van der Waals surface area contributed by atoms with E-state index in [0.29, 0.717) is 43.3 Å². The predicted octanol–water partition coefficient (Wildman–Crippen LogP) is 1.43. The Morgan fingerprint density at radius 2 is 2.14 bits per heavy atom. The number of hydrogen-bond acceptors (Lipinski definition) is 5. The molecule has 0 unspecified atom stereocenters. The van der Waals surface area contributed by atoms with Crippen LogP contribution in [0.1, 0.15) is 18.1 Å². The lowest BCUT2D eigenvalue weighted by Gasteiger charge is -2.26. The Labute approximate surface area is 124 Å². The Kier molecular flexibility index (Phi) is 5.16. The number of aryl methyl sites for hydroxylation is 1. The zero-order valence-electron chi connectivity index (χ0n) is 12.3. The lowest BCUT2D eigenvalue weighted by molar-refractivity contribution is -0.137. The molecule has 1 saturated heterocycles. The third kappa shape index (κ3) is 3.95. The second-order valence-electron chi connectivity index (χ2n) is 4.97. The molecular weight excluding hydrogens is 272 g/mol. The minimum atomic E-state index is -0.0663. The summed E-state index contributed by atoms with van der Waals surface area (Å²) in [6.45, 7) is 5.92. The number of rotatable bonds is 4. The van der Waals surface area contributed by atoms with Crippen LogP contribution in [0.3, 0.4) is 0 Å². The highest BCUT2D eigenvalue weighted by Crippen LogP contribution is 2.21. The molecule has 2 rings (SSSR count). The zero-order chi connectivity index (χ0) is 15.2. The van der Waals surface area contributed by atoms with Gasteiger partial charge in [0.2, 0.25) is 0 Å². The average Bonchev–Trinajstić information content (AvgIpc) is 2.53. The van der Waals surface area contributed by atoms with E-state index in [4.69, 9.17) is 14.7 Å². The summed E-state index contributed by atoms with van der Waals surface area (Å²) in [5.41, 5.74) is 2.17. The van der Waals surface area contributed by atoms with Gasteiger partial charge in [0.15, 0.2) is 6.61 Å². The molecule has 21 heavy (non-hydrogen) atoms. The maximum Gasteiger partial charge on any atom is 0.260 e. The average molecular weight is 292 g/mol. The number of morpholine rings is 1. The van der Waals surface area contributed by atoms with Gasteiger partial charge in [-0.2, -0.15) is 0 Å². The molecule has 1 aromatic carbocycles. The lowest BCUT2D eigenvalue weighted by atomic mass is 10.1. The van der Waals surface area contributed by atoms with Crippen LogP contribution in [-0.4, -0.2) is 54.6 Å². The van der Waals surface area contributed by atoms with Gasteiger partial charge >= 0.3 is 0 Å². The smallest absolute Gasteiger partial charge is 0.260 e. The van der Waals surface area contributed by atoms with Gasteiger partial charge in [0.25, 0.3) is 5.91 Å². The second kappa shape index (κ2) is 7.08. The molecule has 0 spiro atoms. The number of carbonyl (C=O) groups is 1. The molecule has 6 heteroatoms. The van der Waals surface area contributed by atoms with Gasteiger partial charge in [0, 0.05) is 18.7 Å². The summed E-state index contributed by atoms with van der Waals surface area (Å²) in [7, 11) is 0. The summed E-state index contributed by atoms with van der Waals surface area (Å²) >= 11 is 0. The number of oxime groups is 1. The molecule has 1 amide bonds. The Morgan fingerprint density at radius 1 is 1.43 bits per heavy atom. The van der Waals surface area contributed by atoms with Crippen molar-refractivity contribution in [2.24, 2.45) is 5.16 Å². The summed E-state index contributed by atoms with van der Waals surface area (Å²) in [6, 6.07) is 5.54. The molecule has 0 aliphatic carbocycles. The van der Waals surface area contributed by atoms with Crippen molar-refractivity contribution < 1.29 is 19.5 Å². The van der Waals surface area contributed by atoms with Gasteiger partial charge in [0.05, 0.1) is 18.9 Å². The first-order chi connectivity index (χ1) is 10.1. The van der Waals surface area contributed by atoms with Gasteiger partial charge in [-0.05, 0) is 26.0 Å². The van der Waals surface area contributed by atoms with E-state index >= 15 is 0 Å². The Bertz CT molecular complexity index is 536. The normalized spacial score (nSPS) is 15.9. The first-order valence-electron chi connectivity index (χ1n) is 6.90. The van der Waals surface area contributed by atoms with E-state index in [9.17, 15) is 4.79 Å². The topological polar surface area (TPSA) is 71.4 Å². The van der Waals surface area contributed by atoms with Crippen molar-refractivity contribution in [1.82, 2.24) is 4.90 Å². The van der Waals surface area contributed by atoms with Gasteiger partial charge in [0.1, 0.15) is 5.75 Å². The van der Waals surface area contributed by atoms with E-state index in [1.54, 1.807) is 17.9 Å². The number of amides is 1. The molecule has 1 heterocycles. The van der Waals surface area contributed by atoms with Gasteiger partial charge in [-0.3, -0.25) is 4.79 Å². The molecular formula is C15H20N2O4. The molecule has 1 aliphatic rings. The molecule has 1 aromatic rings. The number of nitrogens with zero attached hydrogens (tertiary/aromatic N) is 2. The van der Waals surface area contributed by atoms with Crippen LogP contribution in [0.2, 0.25) is 0 Å². The van der Waals surface area contributed by atoms with E-state index in [-0.39, 0.29) is 12.5 Å². The SMILES string of the molecule is C/C(=N\O)c1cc(C)ccc1OCC(=O)N1CCOCC1. The van der Waals surface area contributed by atoms with Crippen molar-refractivity contribution in [3.63, 3.8) is 0 Å². The molecule has 1 fully saturated rings. The molecule has 0 atom stereocenters. The Morgan fingerprint density at radius 3 is 2.81 bits per heavy atom. The van der Waals surface area contributed by atoms with Crippen LogP contribution in [-0.2, 0) is 9.53 Å². The molecule has 1 aliphatic heterocycles. The molecule has 0 aromatic heterocycles. The van der Waals surface area contributed by atoms with Crippen molar-refractivity contribution in [2.45, 2.75) is 13.8 Å². The van der Waals surface area contributed by atoms with Crippen molar-refractivity contribution >= 4 is 11.6 Å². The molecule has 0 radical (unpaired) electrons. The summed E-state index contributed by atoms with van der Waals surface area (Å²) in [4.78, 5) is 13.8. The predicted molar refractivity (Wildman–Crippen MR) is 78.1 cm³/mol. The van der Waals surface area contributed by atoms with E-state index in [0.717, 1.165) is 5.56 Å². The maximum atomic E-state index is 12.1. The first kappa shape index (κ1) is 15.3. The molecule has 0 saturated carbocycles. The Balaban J connectivity index is 2.04. The second-order valence-corrected chi connectivity index (χ2v) is 4.97. The molecule has 114 valence electrons. The van der Waals surface area contributed by atoms with Crippen LogP contribution < -0.4 is 4.74 Å². The van der Waals surface area contributed by atoms with Crippen LogP contribution in [0.4, 0.5) is 0 Å². The summed E-state index contributed by atoms with van der Waals surface area (Å²) < 4.78 is 10.8. The van der Waals surface area contributed by atoms with Crippen molar-refractivity contribution in [3.05, 3.63) is 29.3 Å². The fourth-order valence-corrected chi connectivity index (χ4v) is 2.15. The highest BCUT2D eigenvalue weighted by Gasteiger charge is 2.18. The summed E-state index contributed by atoms with van der Waals surface area (Å²) in [6.07, 6.45) is 0. The summed E-state index contributed by atoms with van der Waals surface area (Å²) in [5, 5.41) is 12.1. The highest BCUT2D eigenvalue weighted by molar-refractivity contribution is 6.01. The maximum absolute atomic E-state index is 12.1. The molecule has 1 N–H and O–H groups in total. The number of carbonyl (C=O) groups excluding carboxylic acids is 1. The molecule has 6 nitrogen and oxygen atoms in total. The third-order valence-corrected chi connectivity index (χ3v) is 3.39. The van der Waals surface area contributed by atoms with Crippen LogP contribution in [0.15, 0.2) is 23.4 Å². The third-order valence-electron chi connectivity index (χ3n) is 3.39. The fraction of sp³-hybridized carbons (Fsp3) is 0.467. The first-order valence-corrected chi connectivity index (χ1v) is 6.90. The Hall–Kier alpha value is -2.08. The monoisotopic (exact) mass is 292 g/mol. The number of ether oxygens (including phenoxy) is 2. The minimum absolute atomic E-state index is 0.0330. The van der Waals surface area contributed by atoms with Crippen molar-refractivity contribution in [3.8, 4) is 5.75 Å². The van der Waals surface area contributed by atoms with Crippen LogP contribution in [0, 0.1) is 6.92 Å². The van der Waals surface area contributed by atoms with E-state index in [1.165, 1.54) is 0 Å². The fourth-order valence-electron chi connectivity index (χ4n) is 2.15. The highest BCUT2D eigenvalue weighted by atomic mass is 16.5. The van der Waals surface area contributed by atoms with Gasteiger partial charge in [-0.25, -0.2) is 0 Å². The van der Waals surface area contributed by atoms with E-state index in [2.05, 4.69) is 5.16 Å². The number of hydrogen-bond donors (Lipinski definition) is 1. The van der Waals surface area contributed by atoms with Gasteiger partial charge in [-0.15, -0.1) is 0 Å². The largest absolute Gasteiger partial charge is 0.483 e. The number of benzene rings is 1. The van der Waals surface area contributed by atoms with E-state index < -0.39 is 0 Å². The van der Waals surface area contributed by atoms with Gasteiger partial charge in [-0.1, -0.05) is 16.8 Å². The van der Waals surface area contributed by atoms with Gasteiger partial charge < -0.3 is 19.6 Å². The summed E-state index contributed by atoms with van der Waals surface area (Å²) in [5.74, 6) is 0.473. The standard InChI is InChI=1S/C15H20N2O4/c1-11-3-4-14(13(9-11)12(2)16-19)21-10-15(18)17-5-7-20-8-6-17/h3-4,9,19H,5-8,10H2,1-2H3/b16-12+. The zero-order valence-corrected chi connectivity index (χ0v) is 12.3. The van der Waals surface area contributed by atoms with E-state index in [1.807, 2.05) is 19.1 Å². The molecule has 0 bridgehead atoms. The van der Waals surface area contributed by atoms with Crippen molar-refractivity contribution in [2.75, 3.05) is 32.9 Å².